The van der Waals surface area contributed by atoms with Crippen molar-refractivity contribution in [2.45, 2.75) is 6.92 Å². The predicted molar refractivity (Wildman–Crippen MR) is 80.9 cm³/mol. The van der Waals surface area contributed by atoms with Gasteiger partial charge in [-0.25, -0.2) is 4.79 Å². The van der Waals surface area contributed by atoms with Gasteiger partial charge in [0.25, 0.3) is 5.91 Å². The minimum atomic E-state index is -0.749. The zero-order chi connectivity index (χ0) is 16.8. The summed E-state index contributed by atoms with van der Waals surface area (Å²) in [4.78, 5) is 37.3. The first-order chi connectivity index (χ1) is 11.0. The number of H-pyrrole nitrogens is 1. The number of esters is 1. The summed E-state index contributed by atoms with van der Waals surface area (Å²) in [6, 6.07) is 9.78. The van der Waals surface area contributed by atoms with Gasteiger partial charge >= 0.3 is 5.97 Å². The average molecular weight is 311 g/mol. The molecule has 1 aromatic carbocycles. The molecule has 23 heavy (non-hydrogen) atoms. The number of aromatic nitrogens is 1. The number of carbonyl (C=O) groups is 3. The van der Waals surface area contributed by atoms with Crippen LogP contribution in [-0.4, -0.2) is 29.3 Å². The monoisotopic (exact) mass is 311 g/mol. The predicted octanol–water partition coefficient (Wildman–Crippen LogP) is 1.88. The van der Waals surface area contributed by atoms with E-state index in [1.807, 2.05) is 6.07 Å². The molecule has 0 saturated carbocycles. The third-order valence-electron chi connectivity index (χ3n) is 2.97. The van der Waals surface area contributed by atoms with Gasteiger partial charge in [0, 0.05) is 11.8 Å². The van der Waals surface area contributed by atoms with Crippen LogP contribution >= 0.6 is 0 Å². The van der Waals surface area contributed by atoms with Gasteiger partial charge in [0.15, 0.2) is 12.4 Å². The summed E-state index contributed by atoms with van der Waals surface area (Å²) in [5, 5.41) is 11.4. The van der Waals surface area contributed by atoms with E-state index >= 15 is 0 Å². The van der Waals surface area contributed by atoms with Gasteiger partial charge < -0.3 is 15.0 Å². The van der Waals surface area contributed by atoms with E-state index in [1.54, 1.807) is 24.3 Å². The number of hydrogen-bond acceptors (Lipinski definition) is 5. The molecule has 0 fully saturated rings. The van der Waals surface area contributed by atoms with E-state index < -0.39 is 18.5 Å². The maximum Gasteiger partial charge on any atom is 0.355 e. The number of nitrogens with zero attached hydrogens (tertiary/aromatic N) is 1. The molecular weight excluding hydrogens is 298 g/mol. The van der Waals surface area contributed by atoms with Gasteiger partial charge in [-0.2, -0.15) is 5.26 Å². The van der Waals surface area contributed by atoms with E-state index in [-0.39, 0.29) is 11.5 Å². The first-order valence-electron chi connectivity index (χ1n) is 6.66. The van der Waals surface area contributed by atoms with E-state index in [9.17, 15) is 14.4 Å². The van der Waals surface area contributed by atoms with Crippen LogP contribution in [0.25, 0.3) is 0 Å². The van der Waals surface area contributed by atoms with Crippen LogP contribution in [0.2, 0.25) is 0 Å². The van der Waals surface area contributed by atoms with Crippen LogP contribution in [0.15, 0.2) is 36.5 Å². The number of carbonyl (C=O) groups excluding carboxylic acids is 3. The summed E-state index contributed by atoms with van der Waals surface area (Å²) in [7, 11) is 0. The Labute approximate surface area is 131 Å². The number of amides is 1. The molecule has 1 aromatic heterocycles. The van der Waals surface area contributed by atoms with Crippen LogP contribution in [0, 0.1) is 11.3 Å². The standard InChI is InChI=1S/C16H13N3O4/c1-10(20)12-6-14(18-8-12)16(22)23-9-15(21)19-13-5-3-2-4-11(13)7-17/h2-6,8,18H,9H2,1H3,(H,19,21). The number of ketones is 1. The van der Waals surface area contributed by atoms with E-state index in [0.29, 0.717) is 16.8 Å². The summed E-state index contributed by atoms with van der Waals surface area (Å²) < 4.78 is 4.85. The molecule has 0 spiro atoms. The van der Waals surface area contributed by atoms with Crippen LogP contribution in [0.4, 0.5) is 5.69 Å². The molecule has 7 nitrogen and oxygen atoms in total. The second-order valence-corrected chi connectivity index (χ2v) is 4.64. The zero-order valence-electron chi connectivity index (χ0n) is 12.3. The summed E-state index contributed by atoms with van der Waals surface area (Å²) in [6.07, 6.45) is 1.39. The topological polar surface area (TPSA) is 112 Å². The van der Waals surface area contributed by atoms with Crippen molar-refractivity contribution in [3.05, 3.63) is 53.3 Å². The molecule has 0 bridgehead atoms. The molecule has 2 aromatic rings. The molecule has 0 aliphatic rings. The van der Waals surface area contributed by atoms with Crippen LogP contribution < -0.4 is 5.32 Å². The number of rotatable bonds is 5. The molecule has 0 saturated heterocycles. The van der Waals surface area contributed by atoms with Crippen LogP contribution in [0.5, 0.6) is 0 Å². The number of benzene rings is 1. The number of nitrogens with one attached hydrogen (secondary N) is 2. The summed E-state index contributed by atoms with van der Waals surface area (Å²) in [5.74, 6) is -1.51. The molecule has 116 valence electrons. The number of aromatic amines is 1. The van der Waals surface area contributed by atoms with Crippen molar-refractivity contribution < 1.29 is 19.1 Å². The summed E-state index contributed by atoms with van der Waals surface area (Å²) in [6.45, 7) is 0.866. The van der Waals surface area contributed by atoms with Crippen molar-refractivity contribution in [2.75, 3.05) is 11.9 Å². The fourth-order valence-corrected chi connectivity index (χ4v) is 1.80. The first-order valence-corrected chi connectivity index (χ1v) is 6.66. The van der Waals surface area contributed by atoms with Crippen molar-refractivity contribution in [1.82, 2.24) is 4.98 Å². The zero-order valence-corrected chi connectivity index (χ0v) is 12.3. The maximum atomic E-state index is 11.8. The average Bonchev–Trinajstić information content (AvgIpc) is 3.03. The molecule has 0 atom stereocenters. The highest BCUT2D eigenvalue weighted by Crippen LogP contribution is 2.13. The molecule has 1 heterocycles. The highest BCUT2D eigenvalue weighted by atomic mass is 16.5. The Balaban J connectivity index is 1.92. The third kappa shape index (κ3) is 4.04. The number of Topliss-reactive ketones (excluding diaryl/α,β-unsaturated/α-hetero) is 1. The molecule has 0 unspecified atom stereocenters. The van der Waals surface area contributed by atoms with Crippen LogP contribution in [-0.2, 0) is 9.53 Å². The lowest BCUT2D eigenvalue weighted by Gasteiger charge is -2.07. The maximum absolute atomic E-state index is 11.8. The molecule has 0 aliphatic carbocycles. The number of anilines is 1. The molecule has 2 N–H and O–H groups in total. The van der Waals surface area contributed by atoms with E-state index in [4.69, 9.17) is 10.00 Å². The quantitative estimate of drug-likeness (QED) is 0.646. The summed E-state index contributed by atoms with van der Waals surface area (Å²) >= 11 is 0. The lowest BCUT2D eigenvalue weighted by Crippen LogP contribution is -2.21. The smallest absolute Gasteiger partial charge is 0.355 e. The second-order valence-electron chi connectivity index (χ2n) is 4.64. The molecule has 0 radical (unpaired) electrons. The fourth-order valence-electron chi connectivity index (χ4n) is 1.80. The Morgan fingerprint density at radius 1 is 1.30 bits per heavy atom. The van der Waals surface area contributed by atoms with Gasteiger partial charge in [0.1, 0.15) is 11.8 Å². The Bertz CT molecular complexity index is 802. The van der Waals surface area contributed by atoms with Crippen molar-refractivity contribution in [3.63, 3.8) is 0 Å². The first kappa shape index (κ1) is 16.0. The summed E-state index contributed by atoms with van der Waals surface area (Å²) in [5.41, 5.74) is 1.09. The van der Waals surface area contributed by atoms with Crippen molar-refractivity contribution in [1.29, 1.82) is 5.26 Å². The Kier molecular flexibility index (Phi) is 4.89. The number of hydrogen-bond donors (Lipinski definition) is 2. The van der Waals surface area contributed by atoms with Gasteiger partial charge in [0.2, 0.25) is 0 Å². The second kappa shape index (κ2) is 7.04. The number of para-hydroxylation sites is 1. The fraction of sp³-hybridized carbons (Fsp3) is 0.125. The highest BCUT2D eigenvalue weighted by Gasteiger charge is 2.14. The van der Waals surface area contributed by atoms with Gasteiger partial charge in [-0.1, -0.05) is 12.1 Å². The van der Waals surface area contributed by atoms with E-state index in [1.165, 1.54) is 19.2 Å². The highest BCUT2D eigenvalue weighted by molar-refractivity contribution is 5.98. The van der Waals surface area contributed by atoms with Crippen molar-refractivity contribution in [3.8, 4) is 6.07 Å². The lowest BCUT2D eigenvalue weighted by atomic mass is 10.2. The molecule has 1 amide bonds. The molecule has 2 rings (SSSR count). The van der Waals surface area contributed by atoms with E-state index in [0.717, 1.165) is 0 Å². The van der Waals surface area contributed by atoms with Crippen molar-refractivity contribution in [2.24, 2.45) is 0 Å². The minimum Gasteiger partial charge on any atom is -0.451 e. The van der Waals surface area contributed by atoms with Gasteiger partial charge in [-0.05, 0) is 25.1 Å². The van der Waals surface area contributed by atoms with Gasteiger partial charge in [-0.3, -0.25) is 9.59 Å². The van der Waals surface area contributed by atoms with Gasteiger partial charge in [-0.15, -0.1) is 0 Å². The lowest BCUT2D eigenvalue weighted by molar-refractivity contribution is -0.119. The van der Waals surface area contributed by atoms with Crippen molar-refractivity contribution >= 4 is 23.3 Å². The van der Waals surface area contributed by atoms with E-state index in [2.05, 4.69) is 10.3 Å². The molecule has 0 aliphatic heterocycles. The van der Waals surface area contributed by atoms with Gasteiger partial charge in [0.05, 0.1) is 11.3 Å². The molecule has 7 heteroatoms. The SMILES string of the molecule is CC(=O)c1c[nH]c(C(=O)OCC(=O)Nc2ccccc2C#N)c1. The largest absolute Gasteiger partial charge is 0.451 e. The molecular formula is C16H13N3O4. The number of ether oxygens (including phenoxy) is 1. The minimum absolute atomic E-state index is 0.0837. The Morgan fingerprint density at radius 3 is 2.70 bits per heavy atom. The number of nitriles is 1. The van der Waals surface area contributed by atoms with Crippen LogP contribution in [0.3, 0.4) is 0 Å². The Hall–Kier alpha value is -3.40. The third-order valence-corrected chi connectivity index (χ3v) is 2.97. The Morgan fingerprint density at radius 2 is 2.04 bits per heavy atom. The normalized spacial score (nSPS) is 9.74. The van der Waals surface area contributed by atoms with Crippen LogP contribution in [0.1, 0.15) is 33.3 Å².